The summed E-state index contributed by atoms with van der Waals surface area (Å²) in [4.78, 5) is 10.3. The molecule has 0 saturated heterocycles. The van der Waals surface area contributed by atoms with Crippen LogP contribution in [0.4, 0.5) is 0 Å². The van der Waals surface area contributed by atoms with Gasteiger partial charge in [0.2, 0.25) is 0 Å². The molecule has 1 unspecified atom stereocenters. The summed E-state index contributed by atoms with van der Waals surface area (Å²) >= 11 is 6.31. The summed E-state index contributed by atoms with van der Waals surface area (Å²) in [7, 11) is 0. The van der Waals surface area contributed by atoms with Crippen LogP contribution in [0.15, 0.2) is 160 Å². The third-order valence-corrected chi connectivity index (χ3v) is 9.03. The van der Waals surface area contributed by atoms with Crippen molar-refractivity contribution in [3.05, 3.63) is 167 Å². The number of nitrogens with zero attached hydrogens (tertiary/aromatic N) is 2. The standard InChI is InChI=1S/C41H26ClN3O/c42-29-19-20-35-37(24-29)46-36-16-8-15-33(38(35)36)32-21-22-34(31-14-7-6-13-30(31)32)41-44-39(26-10-2-1-3-11-26)43-40(45-41)28-18-17-25-9-4-5-12-27(25)23-28/h1-24,39H,(H,43,44,45). The van der Waals surface area contributed by atoms with Gasteiger partial charge in [0.1, 0.15) is 23.2 Å². The summed E-state index contributed by atoms with van der Waals surface area (Å²) in [6.07, 6.45) is -0.286. The molecule has 7 aromatic carbocycles. The van der Waals surface area contributed by atoms with Crippen LogP contribution in [0.25, 0.3) is 54.6 Å². The lowest BCUT2D eigenvalue weighted by atomic mass is 9.92. The third-order valence-electron chi connectivity index (χ3n) is 8.79. The van der Waals surface area contributed by atoms with E-state index in [2.05, 4.69) is 102 Å². The SMILES string of the molecule is Clc1ccc2c(c1)oc1cccc(-c3ccc(C4=NC(c5ccc6ccccc6c5)=NC(c5ccccc5)N4)c4ccccc34)c12. The molecule has 0 bridgehead atoms. The molecule has 0 radical (unpaired) electrons. The first-order valence-corrected chi connectivity index (χ1v) is 15.7. The highest BCUT2D eigenvalue weighted by Crippen LogP contribution is 2.40. The first kappa shape index (κ1) is 26.7. The van der Waals surface area contributed by atoms with Gasteiger partial charge in [-0.1, -0.05) is 127 Å². The average molecular weight is 612 g/mol. The van der Waals surface area contributed by atoms with Crippen LogP contribution in [-0.2, 0) is 0 Å². The molecule has 0 amide bonds. The molecule has 4 nitrogen and oxygen atoms in total. The van der Waals surface area contributed by atoms with E-state index in [0.29, 0.717) is 10.9 Å². The van der Waals surface area contributed by atoms with Crippen molar-refractivity contribution >= 4 is 66.8 Å². The maximum atomic E-state index is 6.31. The molecule has 1 aliphatic rings. The molecule has 1 aliphatic heterocycles. The monoisotopic (exact) mass is 611 g/mol. The Balaban J connectivity index is 1.23. The van der Waals surface area contributed by atoms with Gasteiger partial charge in [0.15, 0.2) is 5.84 Å². The molecule has 0 spiro atoms. The quantitative estimate of drug-likeness (QED) is 0.215. The third kappa shape index (κ3) is 4.46. The number of nitrogens with one attached hydrogen (secondary N) is 1. The van der Waals surface area contributed by atoms with Crippen molar-refractivity contribution in [3.8, 4) is 11.1 Å². The normalized spacial score (nSPS) is 14.8. The van der Waals surface area contributed by atoms with Crippen LogP contribution >= 0.6 is 11.6 Å². The van der Waals surface area contributed by atoms with E-state index in [9.17, 15) is 0 Å². The number of halogens is 1. The van der Waals surface area contributed by atoms with E-state index in [1.165, 1.54) is 5.39 Å². The number of aliphatic imine (C=N–C) groups is 2. The van der Waals surface area contributed by atoms with E-state index >= 15 is 0 Å². The summed E-state index contributed by atoms with van der Waals surface area (Å²) in [6, 6.07) is 50.1. The molecule has 1 atom stereocenters. The lowest BCUT2D eigenvalue weighted by molar-refractivity contribution is 0.669. The van der Waals surface area contributed by atoms with Crippen LogP contribution in [-0.4, -0.2) is 11.7 Å². The van der Waals surface area contributed by atoms with Gasteiger partial charge in [-0.05, 0) is 62.5 Å². The molecule has 2 heterocycles. The summed E-state index contributed by atoms with van der Waals surface area (Å²) < 4.78 is 6.23. The molecule has 218 valence electrons. The Hall–Kier alpha value is -5.71. The Morgan fingerprint density at radius 3 is 2.20 bits per heavy atom. The summed E-state index contributed by atoms with van der Waals surface area (Å²) in [6.45, 7) is 0. The maximum Gasteiger partial charge on any atom is 0.159 e. The minimum Gasteiger partial charge on any atom is -0.456 e. The van der Waals surface area contributed by atoms with Crippen molar-refractivity contribution in [2.75, 3.05) is 0 Å². The molecule has 1 aromatic heterocycles. The van der Waals surface area contributed by atoms with Gasteiger partial charge in [0.25, 0.3) is 0 Å². The zero-order valence-electron chi connectivity index (χ0n) is 24.6. The Kier molecular flexibility index (Phi) is 6.22. The fourth-order valence-electron chi connectivity index (χ4n) is 6.61. The van der Waals surface area contributed by atoms with Crippen LogP contribution in [0, 0.1) is 0 Å². The van der Waals surface area contributed by atoms with Crippen LogP contribution < -0.4 is 5.32 Å². The summed E-state index contributed by atoms with van der Waals surface area (Å²) in [5.74, 6) is 1.49. The zero-order chi connectivity index (χ0) is 30.6. The zero-order valence-corrected chi connectivity index (χ0v) is 25.4. The van der Waals surface area contributed by atoms with Gasteiger partial charge in [-0.15, -0.1) is 0 Å². The van der Waals surface area contributed by atoms with Crippen molar-refractivity contribution in [1.82, 2.24) is 5.32 Å². The fraction of sp³-hybridized carbons (Fsp3) is 0.0244. The van der Waals surface area contributed by atoms with E-state index in [-0.39, 0.29) is 6.17 Å². The Morgan fingerprint density at radius 2 is 1.33 bits per heavy atom. The van der Waals surface area contributed by atoms with Gasteiger partial charge in [0.05, 0.1) is 0 Å². The van der Waals surface area contributed by atoms with Crippen LogP contribution in [0.5, 0.6) is 0 Å². The first-order chi connectivity index (χ1) is 22.7. The molecular weight excluding hydrogens is 586 g/mol. The molecule has 0 fully saturated rings. The molecule has 9 rings (SSSR count). The van der Waals surface area contributed by atoms with Gasteiger partial charge in [-0.3, -0.25) is 0 Å². The van der Waals surface area contributed by atoms with E-state index in [1.807, 2.05) is 48.5 Å². The van der Waals surface area contributed by atoms with Gasteiger partial charge in [-0.2, -0.15) is 0 Å². The predicted molar refractivity (Wildman–Crippen MR) is 191 cm³/mol. The van der Waals surface area contributed by atoms with Crippen molar-refractivity contribution in [3.63, 3.8) is 0 Å². The molecule has 0 aliphatic carbocycles. The van der Waals surface area contributed by atoms with Gasteiger partial charge in [-0.25, -0.2) is 9.98 Å². The van der Waals surface area contributed by atoms with Crippen molar-refractivity contribution in [2.24, 2.45) is 9.98 Å². The van der Waals surface area contributed by atoms with E-state index in [1.54, 1.807) is 0 Å². The Morgan fingerprint density at radius 1 is 0.565 bits per heavy atom. The van der Waals surface area contributed by atoms with Crippen LogP contribution in [0.2, 0.25) is 5.02 Å². The average Bonchev–Trinajstić information content (AvgIpc) is 3.49. The number of benzene rings is 7. The molecule has 1 N–H and O–H groups in total. The van der Waals surface area contributed by atoms with Gasteiger partial charge in [0, 0.05) is 33.0 Å². The van der Waals surface area contributed by atoms with Crippen molar-refractivity contribution in [1.29, 1.82) is 0 Å². The number of hydrogen-bond donors (Lipinski definition) is 1. The highest BCUT2D eigenvalue weighted by Gasteiger charge is 2.23. The molecule has 8 aromatic rings. The summed E-state index contributed by atoms with van der Waals surface area (Å²) in [5.41, 5.74) is 6.94. The largest absolute Gasteiger partial charge is 0.456 e. The topological polar surface area (TPSA) is 49.9 Å². The Bertz CT molecular complexity index is 2530. The fourth-order valence-corrected chi connectivity index (χ4v) is 6.78. The number of furan rings is 1. The summed E-state index contributed by atoms with van der Waals surface area (Å²) in [5, 5.41) is 11.0. The van der Waals surface area contributed by atoms with E-state index in [4.69, 9.17) is 26.0 Å². The van der Waals surface area contributed by atoms with Crippen molar-refractivity contribution in [2.45, 2.75) is 6.17 Å². The molecular formula is C41H26ClN3O. The Labute approximate surface area is 270 Å². The van der Waals surface area contributed by atoms with Gasteiger partial charge < -0.3 is 9.73 Å². The minimum absolute atomic E-state index is 0.286. The maximum absolute atomic E-state index is 6.31. The van der Waals surface area contributed by atoms with Crippen LogP contribution in [0.1, 0.15) is 22.9 Å². The minimum atomic E-state index is -0.286. The molecule has 5 heteroatoms. The lowest BCUT2D eigenvalue weighted by Gasteiger charge is -2.25. The first-order valence-electron chi connectivity index (χ1n) is 15.3. The van der Waals surface area contributed by atoms with E-state index < -0.39 is 0 Å². The van der Waals surface area contributed by atoms with Crippen molar-refractivity contribution < 1.29 is 4.42 Å². The second kappa shape index (κ2) is 10.7. The van der Waals surface area contributed by atoms with E-state index in [0.717, 1.165) is 71.8 Å². The second-order valence-electron chi connectivity index (χ2n) is 11.6. The molecule has 0 saturated carbocycles. The number of rotatable bonds is 4. The highest BCUT2D eigenvalue weighted by molar-refractivity contribution is 6.31. The smallest absolute Gasteiger partial charge is 0.159 e. The second-order valence-corrected chi connectivity index (χ2v) is 12.0. The highest BCUT2D eigenvalue weighted by atomic mass is 35.5. The van der Waals surface area contributed by atoms with Gasteiger partial charge >= 0.3 is 0 Å². The van der Waals surface area contributed by atoms with Crippen LogP contribution in [0.3, 0.4) is 0 Å². The number of amidine groups is 2. The number of hydrogen-bond acceptors (Lipinski definition) is 4. The molecule has 46 heavy (non-hydrogen) atoms. The lowest BCUT2D eigenvalue weighted by Crippen LogP contribution is -2.33. The number of fused-ring (bicyclic) bond motifs is 5. The predicted octanol–water partition coefficient (Wildman–Crippen LogP) is 10.7.